The van der Waals surface area contributed by atoms with Crippen LogP contribution in [0.25, 0.3) is 0 Å². The van der Waals surface area contributed by atoms with Crippen molar-refractivity contribution in [3.8, 4) is 0 Å². The van der Waals surface area contributed by atoms with E-state index >= 15 is 0 Å². The van der Waals surface area contributed by atoms with Gasteiger partial charge in [0.1, 0.15) is 0 Å². The van der Waals surface area contributed by atoms with Crippen molar-refractivity contribution in [3.63, 3.8) is 0 Å². The molecule has 8 heteroatoms. The molecular weight excluding hydrogens is 382 g/mol. The van der Waals surface area contributed by atoms with E-state index in [0.29, 0.717) is 36.9 Å². The second-order valence-electron chi connectivity index (χ2n) is 6.16. The van der Waals surface area contributed by atoms with Gasteiger partial charge in [0.25, 0.3) is 0 Å². The van der Waals surface area contributed by atoms with Gasteiger partial charge in [0.2, 0.25) is 9.84 Å². The second-order valence-corrected chi connectivity index (χ2v) is 8.49. The lowest BCUT2D eigenvalue weighted by molar-refractivity contribution is 0.234. The predicted molar refractivity (Wildman–Crippen MR) is 98.6 cm³/mol. The van der Waals surface area contributed by atoms with Crippen molar-refractivity contribution in [1.29, 1.82) is 0 Å². The number of sulfone groups is 1. The maximum absolute atomic E-state index is 13.0. The third kappa shape index (κ3) is 4.16. The van der Waals surface area contributed by atoms with Gasteiger partial charge in [-0.15, -0.1) is 0 Å². The quantitative estimate of drug-likeness (QED) is 0.768. The van der Waals surface area contributed by atoms with Gasteiger partial charge in [0, 0.05) is 37.7 Å². The molecule has 0 aliphatic carbocycles. The van der Waals surface area contributed by atoms with Gasteiger partial charge in [-0.05, 0) is 29.8 Å². The van der Waals surface area contributed by atoms with E-state index in [0.717, 1.165) is 12.1 Å². The highest BCUT2D eigenvalue weighted by atomic mass is 35.5. The van der Waals surface area contributed by atoms with Gasteiger partial charge in [-0.3, -0.25) is 4.90 Å². The summed E-state index contributed by atoms with van der Waals surface area (Å²) in [5.74, 6) is -3.42. The summed E-state index contributed by atoms with van der Waals surface area (Å²) in [6.45, 7) is 3.34. The van der Waals surface area contributed by atoms with Crippen LogP contribution in [-0.2, 0) is 16.4 Å². The average Bonchev–Trinajstić information content (AvgIpc) is 2.64. The minimum Gasteiger partial charge on any atom is -0.368 e. The summed E-state index contributed by atoms with van der Waals surface area (Å²) in [6.07, 6.45) is 0. The Morgan fingerprint density at radius 3 is 2.19 bits per heavy atom. The van der Waals surface area contributed by atoms with Crippen LogP contribution in [0.5, 0.6) is 0 Å². The number of nitrogens with zero attached hydrogens (tertiary/aromatic N) is 2. The first-order valence-electron chi connectivity index (χ1n) is 8.21. The Labute approximate surface area is 156 Å². The Morgan fingerprint density at radius 2 is 1.58 bits per heavy atom. The molecule has 0 radical (unpaired) electrons. The van der Waals surface area contributed by atoms with Crippen LogP contribution >= 0.6 is 11.6 Å². The number of halogens is 3. The molecule has 0 aromatic heterocycles. The average molecular weight is 401 g/mol. The normalized spacial score (nSPS) is 16.2. The maximum atomic E-state index is 13.0. The Morgan fingerprint density at radius 1 is 0.962 bits per heavy atom. The largest absolute Gasteiger partial charge is 0.368 e. The zero-order valence-electron chi connectivity index (χ0n) is 14.0. The molecule has 1 heterocycles. The highest BCUT2D eigenvalue weighted by molar-refractivity contribution is 7.91. The Bertz CT molecular complexity index is 852. The van der Waals surface area contributed by atoms with E-state index in [1.54, 1.807) is 12.1 Å². The summed E-state index contributed by atoms with van der Waals surface area (Å²) in [7, 11) is -4.62. The highest BCUT2D eigenvalue weighted by Crippen LogP contribution is 2.30. The Kier molecular flexibility index (Phi) is 5.79. The lowest BCUT2D eigenvalue weighted by atomic mass is 10.2. The zero-order chi connectivity index (χ0) is 18.7. The van der Waals surface area contributed by atoms with E-state index in [9.17, 15) is 17.2 Å². The topological polar surface area (TPSA) is 40.6 Å². The number of hydrogen-bond acceptors (Lipinski definition) is 4. The number of anilines is 1. The van der Waals surface area contributed by atoms with Crippen LogP contribution in [0.15, 0.2) is 53.4 Å². The summed E-state index contributed by atoms with van der Waals surface area (Å²) in [6, 6.07) is 13.6. The SMILES string of the molecule is O=S(=O)(c1ccccc1N1CCN(Cc2ccc(Cl)cc2)CC1)C(F)F. The first kappa shape index (κ1) is 19.1. The van der Waals surface area contributed by atoms with E-state index in [1.807, 2.05) is 29.2 Å². The highest BCUT2D eigenvalue weighted by Gasteiger charge is 2.31. The van der Waals surface area contributed by atoms with E-state index in [2.05, 4.69) is 4.90 Å². The molecule has 1 fully saturated rings. The summed E-state index contributed by atoms with van der Waals surface area (Å²) >= 11 is 5.89. The van der Waals surface area contributed by atoms with Gasteiger partial charge >= 0.3 is 5.76 Å². The minimum absolute atomic E-state index is 0.304. The van der Waals surface area contributed by atoms with Crippen molar-refractivity contribution in [2.24, 2.45) is 0 Å². The first-order chi connectivity index (χ1) is 12.4. The maximum Gasteiger partial charge on any atom is 0.341 e. The minimum atomic E-state index is -4.62. The lowest BCUT2D eigenvalue weighted by Gasteiger charge is -2.36. The fourth-order valence-corrected chi connectivity index (χ4v) is 4.12. The summed E-state index contributed by atoms with van der Waals surface area (Å²) < 4.78 is 49.8. The molecule has 1 aliphatic heterocycles. The van der Waals surface area contributed by atoms with Gasteiger partial charge in [0.15, 0.2) is 0 Å². The number of benzene rings is 2. The smallest absolute Gasteiger partial charge is 0.341 e. The van der Waals surface area contributed by atoms with Crippen LogP contribution in [0.1, 0.15) is 5.56 Å². The van der Waals surface area contributed by atoms with Crippen molar-refractivity contribution in [1.82, 2.24) is 4.90 Å². The third-order valence-corrected chi connectivity index (χ3v) is 6.12. The number of hydrogen-bond donors (Lipinski definition) is 0. The molecule has 26 heavy (non-hydrogen) atoms. The molecule has 3 rings (SSSR count). The molecule has 1 aliphatic rings. The molecule has 0 spiro atoms. The van der Waals surface area contributed by atoms with E-state index in [-0.39, 0.29) is 4.90 Å². The van der Waals surface area contributed by atoms with Crippen molar-refractivity contribution < 1.29 is 17.2 Å². The standard InChI is InChI=1S/C18H19ClF2N2O2S/c19-15-7-5-14(6-8-15)13-22-9-11-23(12-10-22)16-3-1-2-4-17(16)26(24,25)18(20)21/h1-8,18H,9-13H2. The molecule has 0 N–H and O–H groups in total. The van der Waals surface area contributed by atoms with Crippen molar-refractivity contribution in [3.05, 3.63) is 59.1 Å². The molecule has 0 saturated carbocycles. The van der Waals surface area contributed by atoms with Crippen LogP contribution in [0, 0.1) is 0 Å². The monoisotopic (exact) mass is 400 g/mol. The molecule has 1 saturated heterocycles. The van der Waals surface area contributed by atoms with Crippen LogP contribution < -0.4 is 4.90 Å². The zero-order valence-corrected chi connectivity index (χ0v) is 15.6. The van der Waals surface area contributed by atoms with Crippen LogP contribution in [-0.4, -0.2) is 45.3 Å². The van der Waals surface area contributed by atoms with Crippen LogP contribution in [0.2, 0.25) is 5.02 Å². The number of rotatable bonds is 5. The fourth-order valence-electron chi connectivity index (χ4n) is 3.05. The molecule has 4 nitrogen and oxygen atoms in total. The van der Waals surface area contributed by atoms with Gasteiger partial charge in [-0.25, -0.2) is 8.42 Å². The van der Waals surface area contributed by atoms with Gasteiger partial charge in [-0.1, -0.05) is 35.9 Å². The molecule has 140 valence electrons. The summed E-state index contributed by atoms with van der Waals surface area (Å²) in [4.78, 5) is 3.79. The summed E-state index contributed by atoms with van der Waals surface area (Å²) in [5, 5.41) is 0.690. The van der Waals surface area contributed by atoms with Crippen LogP contribution in [0.4, 0.5) is 14.5 Å². The first-order valence-corrected chi connectivity index (χ1v) is 10.1. The van der Waals surface area contributed by atoms with E-state index in [4.69, 9.17) is 11.6 Å². The molecule has 0 unspecified atom stereocenters. The molecule has 2 aromatic rings. The Balaban J connectivity index is 1.70. The van der Waals surface area contributed by atoms with Gasteiger partial charge in [-0.2, -0.15) is 8.78 Å². The van der Waals surface area contributed by atoms with E-state index in [1.165, 1.54) is 12.1 Å². The predicted octanol–water partition coefficient (Wildman–Crippen LogP) is 3.66. The number of alkyl halides is 2. The summed E-state index contributed by atoms with van der Waals surface area (Å²) in [5.41, 5.74) is 1.49. The van der Waals surface area contributed by atoms with Crippen molar-refractivity contribution >= 4 is 27.1 Å². The molecular formula is C18H19ClF2N2O2S. The van der Waals surface area contributed by atoms with Gasteiger partial charge in [0.05, 0.1) is 10.6 Å². The fraction of sp³-hybridized carbons (Fsp3) is 0.333. The molecule has 2 aromatic carbocycles. The molecule has 0 atom stereocenters. The lowest BCUT2D eigenvalue weighted by Crippen LogP contribution is -2.46. The second kappa shape index (κ2) is 7.90. The molecule has 0 bridgehead atoms. The third-order valence-electron chi connectivity index (χ3n) is 4.44. The van der Waals surface area contributed by atoms with E-state index < -0.39 is 15.6 Å². The molecule has 0 amide bonds. The van der Waals surface area contributed by atoms with Gasteiger partial charge < -0.3 is 4.90 Å². The Hall–Kier alpha value is -1.70. The number of para-hydroxylation sites is 1. The van der Waals surface area contributed by atoms with Crippen molar-refractivity contribution in [2.75, 3.05) is 31.1 Å². The van der Waals surface area contributed by atoms with Crippen molar-refractivity contribution in [2.45, 2.75) is 17.2 Å². The van der Waals surface area contributed by atoms with Crippen LogP contribution in [0.3, 0.4) is 0 Å². The number of piperazine rings is 1.